The van der Waals surface area contributed by atoms with Gasteiger partial charge >= 0.3 is 0 Å². The number of hydrogen-bond acceptors (Lipinski definition) is 3. The zero-order valence-electron chi connectivity index (χ0n) is 11.0. The first-order valence-corrected chi connectivity index (χ1v) is 5.89. The van der Waals surface area contributed by atoms with Crippen LogP contribution in [0.3, 0.4) is 0 Å². The van der Waals surface area contributed by atoms with E-state index in [9.17, 15) is 5.11 Å². The smallest absolute Gasteiger partial charge is 0.124 e. The average molecular weight is 236 g/mol. The maximum Gasteiger partial charge on any atom is 0.124 e. The quantitative estimate of drug-likeness (QED) is 0.871. The molecule has 1 N–H and O–H groups in total. The lowest BCUT2D eigenvalue weighted by atomic mass is 9.75. The van der Waals surface area contributed by atoms with Gasteiger partial charge in [-0.25, -0.2) is 0 Å². The summed E-state index contributed by atoms with van der Waals surface area (Å²) in [4.78, 5) is 0. The predicted octanol–water partition coefficient (Wildman–Crippen LogP) is 1.88. The van der Waals surface area contributed by atoms with Gasteiger partial charge in [-0.05, 0) is 43.0 Å². The molecule has 0 spiro atoms. The van der Waals surface area contributed by atoms with E-state index < -0.39 is 0 Å². The maximum atomic E-state index is 9.61. The minimum absolute atomic E-state index is 0.138. The molecular formula is C14H20O3. The zero-order valence-corrected chi connectivity index (χ0v) is 11.0. The van der Waals surface area contributed by atoms with Crippen molar-refractivity contribution in [2.24, 2.45) is 0 Å². The second kappa shape index (κ2) is 4.31. The Kier molecular flexibility index (Phi) is 3.15. The third-order valence-electron chi connectivity index (χ3n) is 3.86. The molecule has 1 saturated heterocycles. The Morgan fingerprint density at radius 1 is 1.29 bits per heavy atom. The van der Waals surface area contributed by atoms with Crippen molar-refractivity contribution in [2.45, 2.75) is 26.2 Å². The van der Waals surface area contributed by atoms with Crippen LogP contribution in [0.2, 0.25) is 0 Å². The molecule has 3 nitrogen and oxygen atoms in total. The first-order valence-electron chi connectivity index (χ1n) is 5.89. The second-order valence-electron chi connectivity index (χ2n) is 4.96. The summed E-state index contributed by atoms with van der Waals surface area (Å²) < 4.78 is 10.7. The lowest BCUT2D eigenvalue weighted by Crippen LogP contribution is -2.50. The van der Waals surface area contributed by atoms with E-state index in [-0.39, 0.29) is 12.0 Å². The van der Waals surface area contributed by atoms with E-state index in [1.54, 1.807) is 7.11 Å². The van der Waals surface area contributed by atoms with Crippen molar-refractivity contribution >= 4 is 0 Å². The van der Waals surface area contributed by atoms with E-state index in [1.165, 1.54) is 11.1 Å². The van der Waals surface area contributed by atoms with Crippen LogP contribution >= 0.6 is 0 Å². The van der Waals surface area contributed by atoms with Crippen LogP contribution in [0, 0.1) is 20.8 Å². The van der Waals surface area contributed by atoms with Crippen molar-refractivity contribution < 1.29 is 14.6 Å². The fraction of sp³-hybridized carbons (Fsp3) is 0.571. The third-order valence-corrected chi connectivity index (χ3v) is 3.86. The topological polar surface area (TPSA) is 38.7 Å². The van der Waals surface area contributed by atoms with Gasteiger partial charge in [0.1, 0.15) is 5.75 Å². The van der Waals surface area contributed by atoms with Gasteiger partial charge in [0, 0.05) is 0 Å². The molecule has 1 aromatic rings. The minimum Gasteiger partial charge on any atom is -0.496 e. The van der Waals surface area contributed by atoms with Gasteiger partial charge in [-0.2, -0.15) is 0 Å². The normalized spacial score (nSPS) is 17.7. The standard InChI is InChI=1S/C14H20O3/c1-9-5-12(14(6-15)7-17-8-14)10(2)11(3)13(9)16-4/h5,15H,6-8H2,1-4H3. The van der Waals surface area contributed by atoms with Gasteiger partial charge < -0.3 is 14.6 Å². The molecule has 1 aromatic carbocycles. The summed E-state index contributed by atoms with van der Waals surface area (Å²) in [5.41, 5.74) is 4.46. The molecule has 0 aromatic heterocycles. The second-order valence-corrected chi connectivity index (χ2v) is 4.96. The fourth-order valence-electron chi connectivity index (χ4n) is 2.60. The number of aryl methyl sites for hydroxylation is 1. The molecule has 2 rings (SSSR count). The van der Waals surface area contributed by atoms with E-state index >= 15 is 0 Å². The van der Waals surface area contributed by atoms with Crippen molar-refractivity contribution in [3.63, 3.8) is 0 Å². The zero-order chi connectivity index (χ0) is 12.6. The van der Waals surface area contributed by atoms with Crippen LogP contribution in [0.25, 0.3) is 0 Å². The van der Waals surface area contributed by atoms with Crippen molar-refractivity contribution in [2.75, 3.05) is 26.9 Å². The summed E-state index contributed by atoms with van der Waals surface area (Å²) in [6.45, 7) is 7.54. The van der Waals surface area contributed by atoms with Gasteiger partial charge in [-0.3, -0.25) is 0 Å². The lowest BCUT2D eigenvalue weighted by molar-refractivity contribution is -0.0845. The largest absolute Gasteiger partial charge is 0.496 e. The van der Waals surface area contributed by atoms with Gasteiger partial charge in [0.2, 0.25) is 0 Å². The monoisotopic (exact) mass is 236 g/mol. The van der Waals surface area contributed by atoms with Gasteiger partial charge in [0.15, 0.2) is 0 Å². The number of benzene rings is 1. The molecule has 17 heavy (non-hydrogen) atoms. The molecule has 1 aliphatic rings. The van der Waals surface area contributed by atoms with Crippen LogP contribution in [0.15, 0.2) is 6.07 Å². The van der Waals surface area contributed by atoms with Gasteiger partial charge in [-0.1, -0.05) is 6.07 Å². The number of aliphatic hydroxyl groups is 1. The molecule has 0 amide bonds. The molecule has 0 unspecified atom stereocenters. The first-order chi connectivity index (χ1) is 8.05. The Morgan fingerprint density at radius 3 is 2.35 bits per heavy atom. The maximum absolute atomic E-state index is 9.61. The van der Waals surface area contributed by atoms with Gasteiger partial charge in [0.25, 0.3) is 0 Å². The number of methoxy groups -OCH3 is 1. The van der Waals surface area contributed by atoms with E-state index in [0.29, 0.717) is 13.2 Å². The number of hydrogen-bond donors (Lipinski definition) is 1. The average Bonchev–Trinajstić information content (AvgIpc) is 2.25. The molecule has 0 atom stereocenters. The highest BCUT2D eigenvalue weighted by atomic mass is 16.5. The van der Waals surface area contributed by atoms with Crippen LogP contribution in [0.1, 0.15) is 22.3 Å². The molecule has 0 aliphatic carbocycles. The first kappa shape index (κ1) is 12.4. The van der Waals surface area contributed by atoms with Crippen molar-refractivity contribution in [1.29, 1.82) is 0 Å². The van der Waals surface area contributed by atoms with Crippen LogP contribution in [-0.4, -0.2) is 32.0 Å². The van der Waals surface area contributed by atoms with Crippen LogP contribution in [0.4, 0.5) is 0 Å². The van der Waals surface area contributed by atoms with Gasteiger partial charge in [0.05, 0.1) is 32.3 Å². The molecule has 0 bridgehead atoms. The predicted molar refractivity (Wildman–Crippen MR) is 66.8 cm³/mol. The molecular weight excluding hydrogens is 216 g/mol. The highest BCUT2D eigenvalue weighted by Crippen LogP contribution is 2.39. The fourth-order valence-corrected chi connectivity index (χ4v) is 2.60. The van der Waals surface area contributed by atoms with Gasteiger partial charge in [-0.15, -0.1) is 0 Å². The Bertz CT molecular complexity index is 428. The molecule has 0 saturated carbocycles. The van der Waals surface area contributed by atoms with Crippen LogP contribution < -0.4 is 4.74 Å². The molecule has 1 heterocycles. The Hall–Kier alpha value is -1.06. The summed E-state index contributed by atoms with van der Waals surface area (Å²) in [5.74, 6) is 0.944. The van der Waals surface area contributed by atoms with Crippen molar-refractivity contribution in [1.82, 2.24) is 0 Å². The van der Waals surface area contributed by atoms with E-state index in [1.807, 2.05) is 6.92 Å². The van der Waals surface area contributed by atoms with E-state index in [2.05, 4.69) is 19.9 Å². The summed E-state index contributed by atoms with van der Waals surface area (Å²) in [7, 11) is 1.70. The van der Waals surface area contributed by atoms with E-state index in [4.69, 9.17) is 9.47 Å². The molecule has 3 heteroatoms. The lowest BCUT2D eigenvalue weighted by Gasteiger charge is -2.42. The summed E-state index contributed by atoms with van der Waals surface area (Å²) in [5, 5.41) is 9.61. The van der Waals surface area contributed by atoms with Crippen molar-refractivity contribution in [3.05, 3.63) is 28.3 Å². The molecule has 94 valence electrons. The number of rotatable bonds is 3. The highest BCUT2D eigenvalue weighted by molar-refractivity contribution is 5.52. The Labute approximate surface area is 102 Å². The molecule has 0 radical (unpaired) electrons. The Morgan fingerprint density at radius 2 is 1.94 bits per heavy atom. The number of ether oxygens (including phenoxy) is 2. The van der Waals surface area contributed by atoms with Crippen LogP contribution in [-0.2, 0) is 10.2 Å². The Balaban J connectivity index is 2.56. The SMILES string of the molecule is COc1c(C)cc(C2(CO)COC2)c(C)c1C. The van der Waals surface area contributed by atoms with Crippen LogP contribution in [0.5, 0.6) is 5.75 Å². The molecule has 1 aliphatic heterocycles. The summed E-state index contributed by atoms with van der Waals surface area (Å²) in [6.07, 6.45) is 0. The summed E-state index contributed by atoms with van der Waals surface area (Å²) >= 11 is 0. The van der Waals surface area contributed by atoms with Crippen molar-refractivity contribution in [3.8, 4) is 5.75 Å². The minimum atomic E-state index is -0.203. The summed E-state index contributed by atoms with van der Waals surface area (Å²) in [6, 6.07) is 2.12. The van der Waals surface area contributed by atoms with E-state index in [0.717, 1.165) is 16.9 Å². The molecule has 1 fully saturated rings. The highest BCUT2D eigenvalue weighted by Gasteiger charge is 2.41. The number of aliphatic hydroxyl groups excluding tert-OH is 1. The third kappa shape index (κ3) is 1.74.